The van der Waals surface area contributed by atoms with E-state index < -0.39 is 6.23 Å². The van der Waals surface area contributed by atoms with Gasteiger partial charge in [-0.25, -0.2) is 0 Å². The predicted molar refractivity (Wildman–Crippen MR) is 58.1 cm³/mol. The monoisotopic (exact) mass is 215 g/mol. The molecule has 0 aliphatic rings. The maximum Gasteiger partial charge on any atom is 0.307 e. The van der Waals surface area contributed by atoms with Crippen molar-refractivity contribution in [1.82, 2.24) is 5.32 Å². The Bertz CT molecular complexity index is 183. The zero-order valence-corrected chi connectivity index (χ0v) is 9.62. The van der Waals surface area contributed by atoms with Crippen molar-refractivity contribution in [3.63, 3.8) is 0 Å². The van der Waals surface area contributed by atoms with Gasteiger partial charge in [0.1, 0.15) is 0 Å². The van der Waals surface area contributed by atoms with Crippen molar-refractivity contribution >= 4 is 12.4 Å². The fourth-order valence-corrected chi connectivity index (χ4v) is 1.25. The van der Waals surface area contributed by atoms with Crippen LogP contribution in [0.3, 0.4) is 0 Å². The van der Waals surface area contributed by atoms with Crippen LogP contribution >= 0.6 is 0 Å². The van der Waals surface area contributed by atoms with E-state index in [0.717, 1.165) is 25.7 Å². The first-order chi connectivity index (χ1) is 7.24. The highest BCUT2D eigenvalue weighted by Gasteiger charge is 2.11. The van der Waals surface area contributed by atoms with E-state index in [1.165, 1.54) is 0 Å². The molecule has 0 fully saturated rings. The minimum Gasteiger partial charge on any atom is -0.442 e. The maximum absolute atomic E-state index is 11.2. The molecule has 0 saturated heterocycles. The minimum absolute atomic E-state index is 0.242. The van der Waals surface area contributed by atoms with Gasteiger partial charge in [0.15, 0.2) is 6.23 Å². The molecule has 0 spiro atoms. The van der Waals surface area contributed by atoms with Crippen molar-refractivity contribution in [1.29, 1.82) is 0 Å². The van der Waals surface area contributed by atoms with Crippen LogP contribution in [0.4, 0.5) is 0 Å². The van der Waals surface area contributed by atoms with E-state index in [9.17, 15) is 9.59 Å². The molecule has 0 heterocycles. The second-order valence-electron chi connectivity index (χ2n) is 3.51. The van der Waals surface area contributed by atoms with Gasteiger partial charge in [-0.1, -0.05) is 26.7 Å². The van der Waals surface area contributed by atoms with E-state index in [4.69, 9.17) is 4.74 Å². The van der Waals surface area contributed by atoms with Crippen molar-refractivity contribution in [2.75, 3.05) is 0 Å². The Labute approximate surface area is 91.4 Å². The van der Waals surface area contributed by atoms with Crippen LogP contribution in [0.1, 0.15) is 52.4 Å². The number of amides is 1. The van der Waals surface area contributed by atoms with E-state index in [-0.39, 0.29) is 5.97 Å². The second kappa shape index (κ2) is 9.49. The van der Waals surface area contributed by atoms with Gasteiger partial charge < -0.3 is 10.1 Å². The Hall–Kier alpha value is -1.06. The van der Waals surface area contributed by atoms with Crippen LogP contribution in [0, 0.1) is 0 Å². The smallest absolute Gasteiger partial charge is 0.307 e. The Morgan fingerprint density at radius 3 is 2.60 bits per heavy atom. The summed E-state index contributed by atoms with van der Waals surface area (Å²) < 4.78 is 5.10. The lowest BCUT2D eigenvalue weighted by Crippen LogP contribution is -2.32. The number of esters is 1. The molecule has 88 valence electrons. The Morgan fingerprint density at radius 2 is 2.07 bits per heavy atom. The summed E-state index contributed by atoms with van der Waals surface area (Å²) in [5.41, 5.74) is 0. The van der Waals surface area contributed by atoms with Crippen LogP contribution in [0.25, 0.3) is 0 Å². The van der Waals surface area contributed by atoms with Gasteiger partial charge in [0, 0.05) is 12.8 Å². The van der Waals surface area contributed by atoms with Gasteiger partial charge in [-0.15, -0.1) is 0 Å². The number of hydrogen-bond donors (Lipinski definition) is 1. The third-order valence-electron chi connectivity index (χ3n) is 2.05. The minimum atomic E-state index is -0.451. The molecule has 0 radical (unpaired) electrons. The van der Waals surface area contributed by atoms with Gasteiger partial charge in [0.2, 0.25) is 6.41 Å². The highest BCUT2D eigenvalue weighted by molar-refractivity contribution is 5.69. The van der Waals surface area contributed by atoms with Crippen molar-refractivity contribution in [3.05, 3.63) is 0 Å². The van der Waals surface area contributed by atoms with Crippen LogP contribution in [-0.2, 0) is 14.3 Å². The first-order valence-corrected chi connectivity index (χ1v) is 5.63. The molecule has 1 unspecified atom stereocenters. The highest BCUT2D eigenvalue weighted by Crippen LogP contribution is 2.05. The third kappa shape index (κ3) is 7.97. The zero-order chi connectivity index (χ0) is 11.5. The Morgan fingerprint density at radius 1 is 1.33 bits per heavy atom. The topological polar surface area (TPSA) is 55.4 Å². The molecular formula is C11H21NO3. The quantitative estimate of drug-likeness (QED) is 0.277. The molecule has 0 aromatic heterocycles. The standard InChI is InChI=1S/C11H21NO3/c1-3-5-6-8-10(12-9-13)15-11(14)7-4-2/h9-10H,3-8H2,1-2H3,(H,12,13). The lowest BCUT2D eigenvalue weighted by Gasteiger charge is -2.16. The normalized spacial score (nSPS) is 11.9. The van der Waals surface area contributed by atoms with Crippen LogP contribution in [0.5, 0.6) is 0 Å². The van der Waals surface area contributed by atoms with Crippen LogP contribution < -0.4 is 5.32 Å². The van der Waals surface area contributed by atoms with Crippen molar-refractivity contribution in [2.45, 2.75) is 58.6 Å². The summed E-state index contributed by atoms with van der Waals surface area (Å²) in [6, 6.07) is 0. The molecule has 1 amide bonds. The number of rotatable bonds is 9. The third-order valence-corrected chi connectivity index (χ3v) is 2.05. The van der Waals surface area contributed by atoms with Gasteiger partial charge in [-0.3, -0.25) is 9.59 Å². The molecule has 0 aliphatic carbocycles. The summed E-state index contributed by atoms with van der Waals surface area (Å²) in [4.78, 5) is 21.5. The van der Waals surface area contributed by atoms with Crippen LogP contribution in [-0.4, -0.2) is 18.6 Å². The summed E-state index contributed by atoms with van der Waals surface area (Å²) in [6.45, 7) is 4.02. The summed E-state index contributed by atoms with van der Waals surface area (Å²) in [7, 11) is 0. The highest BCUT2D eigenvalue weighted by atomic mass is 16.6. The molecule has 0 bridgehead atoms. The van der Waals surface area contributed by atoms with Crippen LogP contribution in [0.2, 0.25) is 0 Å². The first kappa shape index (κ1) is 13.9. The number of unbranched alkanes of at least 4 members (excludes halogenated alkanes) is 2. The number of hydrogen-bond acceptors (Lipinski definition) is 3. The van der Waals surface area contributed by atoms with Gasteiger partial charge in [0.25, 0.3) is 0 Å². The fraction of sp³-hybridized carbons (Fsp3) is 0.818. The summed E-state index contributed by atoms with van der Waals surface area (Å²) in [6.07, 6.45) is 5.15. The lowest BCUT2D eigenvalue weighted by atomic mass is 10.2. The molecule has 15 heavy (non-hydrogen) atoms. The van der Waals surface area contributed by atoms with Gasteiger partial charge in [-0.05, 0) is 12.8 Å². The molecule has 1 atom stereocenters. The van der Waals surface area contributed by atoms with E-state index >= 15 is 0 Å². The lowest BCUT2D eigenvalue weighted by molar-refractivity contribution is -0.151. The average Bonchev–Trinajstić information content (AvgIpc) is 2.18. The predicted octanol–water partition coefficient (Wildman–Crippen LogP) is 1.98. The van der Waals surface area contributed by atoms with Crippen LogP contribution in [0.15, 0.2) is 0 Å². The molecule has 0 rings (SSSR count). The van der Waals surface area contributed by atoms with Gasteiger partial charge in [0.05, 0.1) is 0 Å². The van der Waals surface area contributed by atoms with E-state index in [1.54, 1.807) is 0 Å². The van der Waals surface area contributed by atoms with Gasteiger partial charge in [-0.2, -0.15) is 0 Å². The molecular weight excluding hydrogens is 194 g/mol. The molecule has 0 aromatic rings. The van der Waals surface area contributed by atoms with Crippen molar-refractivity contribution in [2.24, 2.45) is 0 Å². The average molecular weight is 215 g/mol. The first-order valence-electron chi connectivity index (χ1n) is 5.63. The molecule has 0 aliphatic heterocycles. The number of carbonyl (C=O) groups is 2. The summed E-state index contributed by atoms with van der Waals surface area (Å²) in [5.74, 6) is -0.242. The number of ether oxygens (including phenoxy) is 1. The molecule has 4 heteroatoms. The van der Waals surface area contributed by atoms with Gasteiger partial charge >= 0.3 is 5.97 Å². The maximum atomic E-state index is 11.2. The fourth-order valence-electron chi connectivity index (χ4n) is 1.25. The van der Waals surface area contributed by atoms with Crippen molar-refractivity contribution < 1.29 is 14.3 Å². The number of carbonyl (C=O) groups excluding carboxylic acids is 2. The largest absolute Gasteiger partial charge is 0.442 e. The Kier molecular flexibility index (Phi) is 8.82. The summed E-state index contributed by atoms with van der Waals surface area (Å²) in [5, 5.41) is 2.51. The molecule has 1 N–H and O–H groups in total. The van der Waals surface area contributed by atoms with E-state index in [2.05, 4.69) is 12.2 Å². The second-order valence-corrected chi connectivity index (χ2v) is 3.51. The molecule has 4 nitrogen and oxygen atoms in total. The van der Waals surface area contributed by atoms with E-state index in [0.29, 0.717) is 19.3 Å². The molecule has 0 saturated carbocycles. The molecule has 0 aromatic carbocycles. The van der Waals surface area contributed by atoms with Crippen molar-refractivity contribution in [3.8, 4) is 0 Å². The Balaban J connectivity index is 3.80. The number of nitrogens with one attached hydrogen (secondary N) is 1. The summed E-state index contributed by atoms with van der Waals surface area (Å²) >= 11 is 0. The SMILES string of the molecule is CCCCCC(NC=O)OC(=O)CCC. The zero-order valence-electron chi connectivity index (χ0n) is 9.62. The van der Waals surface area contributed by atoms with E-state index in [1.807, 2.05) is 6.92 Å².